The third kappa shape index (κ3) is 1.71. The van der Waals surface area contributed by atoms with E-state index in [0.717, 1.165) is 32.0 Å². The van der Waals surface area contributed by atoms with Gasteiger partial charge in [0.05, 0.1) is 10.2 Å². The van der Waals surface area contributed by atoms with Gasteiger partial charge in [-0.2, -0.15) is 0 Å². The number of nitrogens with zero attached hydrogens (tertiary/aromatic N) is 4. The first-order valence-corrected chi connectivity index (χ1v) is 7.06. The number of hydrogen-bond acceptors (Lipinski definition) is 4. The molecule has 0 unspecified atom stereocenters. The Morgan fingerprint density at radius 1 is 1.29 bits per heavy atom. The lowest BCUT2D eigenvalue weighted by atomic mass is 10.3. The van der Waals surface area contributed by atoms with Gasteiger partial charge in [-0.1, -0.05) is 11.8 Å². The molecule has 17 heavy (non-hydrogen) atoms. The van der Waals surface area contributed by atoms with Crippen molar-refractivity contribution >= 4 is 44.4 Å². The van der Waals surface area contributed by atoms with E-state index in [2.05, 4.69) is 30.9 Å². The lowest BCUT2D eigenvalue weighted by molar-refractivity contribution is 0.980. The fraction of sp³-hybridized carbons (Fsp3) is 0.182. The number of fused-ring (bicyclic) bond motifs is 3. The molecule has 0 radical (unpaired) electrons. The molecular weight excluding hydrogens is 300 g/mol. The van der Waals surface area contributed by atoms with E-state index >= 15 is 0 Å². The molecule has 6 heteroatoms. The fourth-order valence-electron chi connectivity index (χ4n) is 1.79. The molecule has 3 rings (SSSR count). The zero-order valence-electron chi connectivity index (χ0n) is 9.31. The van der Waals surface area contributed by atoms with Crippen molar-refractivity contribution in [2.75, 3.05) is 6.26 Å². The predicted octanol–water partition coefficient (Wildman–Crippen LogP) is 3.07. The van der Waals surface area contributed by atoms with Crippen molar-refractivity contribution in [3.63, 3.8) is 0 Å². The second kappa shape index (κ2) is 3.96. The maximum Gasteiger partial charge on any atom is 0.189 e. The van der Waals surface area contributed by atoms with Gasteiger partial charge in [-0.3, -0.25) is 4.40 Å². The van der Waals surface area contributed by atoms with Gasteiger partial charge in [0.25, 0.3) is 0 Å². The van der Waals surface area contributed by atoms with Gasteiger partial charge in [-0.05, 0) is 35.2 Å². The summed E-state index contributed by atoms with van der Waals surface area (Å²) in [6, 6.07) is 2.00. The zero-order valence-corrected chi connectivity index (χ0v) is 11.7. The number of halogens is 1. The number of imidazole rings is 1. The van der Waals surface area contributed by atoms with Gasteiger partial charge in [-0.15, -0.1) is 0 Å². The zero-order chi connectivity index (χ0) is 12.0. The Kier molecular flexibility index (Phi) is 2.56. The van der Waals surface area contributed by atoms with E-state index < -0.39 is 0 Å². The summed E-state index contributed by atoms with van der Waals surface area (Å²) in [5, 5.41) is 1.77. The fourth-order valence-corrected chi connectivity index (χ4v) is 2.65. The van der Waals surface area contributed by atoms with Crippen LogP contribution in [-0.2, 0) is 0 Å². The van der Waals surface area contributed by atoms with Crippen molar-refractivity contribution in [3.8, 4) is 0 Å². The molecule has 0 spiro atoms. The summed E-state index contributed by atoms with van der Waals surface area (Å²) >= 11 is 5.06. The first-order valence-electron chi connectivity index (χ1n) is 5.04. The van der Waals surface area contributed by atoms with Crippen molar-refractivity contribution in [2.45, 2.75) is 12.1 Å². The molecule has 0 aliphatic carbocycles. The normalized spacial score (nSPS) is 11.5. The van der Waals surface area contributed by atoms with Crippen molar-refractivity contribution in [3.05, 3.63) is 28.6 Å². The van der Waals surface area contributed by atoms with E-state index in [0.29, 0.717) is 0 Å². The maximum absolute atomic E-state index is 4.53. The molecule has 0 atom stereocenters. The first-order chi connectivity index (χ1) is 8.19. The van der Waals surface area contributed by atoms with Crippen LogP contribution in [0.2, 0.25) is 0 Å². The number of hydrogen-bond donors (Lipinski definition) is 0. The number of rotatable bonds is 1. The monoisotopic (exact) mass is 308 g/mol. The molecule has 0 aliphatic rings. The van der Waals surface area contributed by atoms with Crippen molar-refractivity contribution < 1.29 is 0 Å². The molecule has 0 saturated carbocycles. The van der Waals surface area contributed by atoms with E-state index in [1.165, 1.54) is 11.8 Å². The van der Waals surface area contributed by atoms with Gasteiger partial charge in [0.1, 0.15) is 5.65 Å². The van der Waals surface area contributed by atoms with Gasteiger partial charge in [-0.25, -0.2) is 15.0 Å². The summed E-state index contributed by atoms with van der Waals surface area (Å²) in [4.78, 5) is 13.3. The summed E-state index contributed by atoms with van der Waals surface area (Å²) < 4.78 is 2.95. The summed E-state index contributed by atoms with van der Waals surface area (Å²) in [6.07, 6.45) is 5.80. The van der Waals surface area contributed by atoms with Crippen molar-refractivity contribution in [1.29, 1.82) is 0 Å². The van der Waals surface area contributed by atoms with Crippen LogP contribution in [0.25, 0.3) is 16.7 Å². The number of thioether (sulfide) groups is 1. The molecule has 3 heterocycles. The van der Waals surface area contributed by atoms with Gasteiger partial charge in [0.2, 0.25) is 0 Å². The van der Waals surface area contributed by atoms with Crippen LogP contribution in [0.4, 0.5) is 0 Å². The smallest absolute Gasteiger partial charge is 0.189 e. The minimum absolute atomic E-state index is 0.771. The Bertz CT molecular complexity index is 722. The van der Waals surface area contributed by atoms with E-state index in [9.17, 15) is 0 Å². The molecular formula is C11H9BrN4S. The molecule has 3 aromatic rings. The van der Waals surface area contributed by atoms with Crippen LogP contribution in [-0.4, -0.2) is 25.6 Å². The Balaban J connectivity index is 2.50. The topological polar surface area (TPSA) is 43.1 Å². The summed E-state index contributed by atoms with van der Waals surface area (Å²) in [7, 11) is 0. The molecule has 86 valence electrons. The molecule has 0 saturated heterocycles. The second-order valence-corrected chi connectivity index (χ2v) is 5.33. The van der Waals surface area contributed by atoms with Crippen LogP contribution in [0, 0.1) is 6.92 Å². The summed E-state index contributed by atoms with van der Waals surface area (Å²) in [5.41, 5.74) is 2.76. The summed E-state index contributed by atoms with van der Waals surface area (Å²) in [6.45, 7) is 1.97. The number of aromatic nitrogens is 4. The lowest BCUT2D eigenvalue weighted by Crippen LogP contribution is -1.94. The average molecular weight is 309 g/mol. The van der Waals surface area contributed by atoms with Crippen LogP contribution in [0.1, 0.15) is 5.69 Å². The average Bonchev–Trinajstić information content (AvgIpc) is 2.72. The molecule has 0 bridgehead atoms. The Morgan fingerprint density at radius 3 is 2.88 bits per heavy atom. The third-order valence-corrected chi connectivity index (χ3v) is 3.65. The van der Waals surface area contributed by atoms with Crippen LogP contribution in [0.15, 0.2) is 28.1 Å². The van der Waals surface area contributed by atoms with E-state index in [1.54, 1.807) is 0 Å². The molecule has 4 nitrogen and oxygen atoms in total. The highest BCUT2D eigenvalue weighted by molar-refractivity contribution is 9.10. The lowest BCUT2D eigenvalue weighted by Gasteiger charge is -2.03. The molecule has 0 fully saturated rings. The molecule has 0 amide bonds. The standard InChI is InChI=1S/C11H9BrN4S/c1-6-5-16-9-7(3-8(12)10(16)14-6)4-13-11(15-9)17-2/h3-5H,1-2H3. The molecule has 0 N–H and O–H groups in total. The van der Waals surface area contributed by atoms with Crippen molar-refractivity contribution in [1.82, 2.24) is 19.4 Å². The number of pyridine rings is 1. The Hall–Kier alpha value is -1.14. The highest BCUT2D eigenvalue weighted by atomic mass is 79.9. The largest absolute Gasteiger partial charge is 0.283 e. The predicted molar refractivity (Wildman–Crippen MR) is 72.5 cm³/mol. The quantitative estimate of drug-likeness (QED) is 0.512. The molecule has 0 aliphatic heterocycles. The molecule has 0 aromatic carbocycles. The first kappa shape index (κ1) is 11.0. The van der Waals surface area contributed by atoms with Gasteiger partial charge >= 0.3 is 0 Å². The van der Waals surface area contributed by atoms with E-state index in [-0.39, 0.29) is 0 Å². The van der Waals surface area contributed by atoms with Gasteiger partial charge < -0.3 is 0 Å². The van der Waals surface area contributed by atoms with Gasteiger partial charge in [0.15, 0.2) is 10.8 Å². The van der Waals surface area contributed by atoms with Crippen LogP contribution in [0.5, 0.6) is 0 Å². The summed E-state index contributed by atoms with van der Waals surface area (Å²) in [5.74, 6) is 0. The minimum Gasteiger partial charge on any atom is -0.283 e. The number of aryl methyl sites for hydroxylation is 1. The SMILES string of the molecule is CSc1ncc2cc(Br)c3nc(C)cn3c2n1. The van der Waals surface area contributed by atoms with Gasteiger partial charge in [0, 0.05) is 17.8 Å². The van der Waals surface area contributed by atoms with E-state index in [1.807, 2.05) is 36.0 Å². The van der Waals surface area contributed by atoms with Crippen LogP contribution in [0.3, 0.4) is 0 Å². The van der Waals surface area contributed by atoms with Crippen LogP contribution < -0.4 is 0 Å². The minimum atomic E-state index is 0.771. The highest BCUT2D eigenvalue weighted by Crippen LogP contribution is 2.24. The molecule has 3 aromatic heterocycles. The maximum atomic E-state index is 4.53. The Labute approximate surface area is 111 Å². The second-order valence-electron chi connectivity index (χ2n) is 3.70. The highest BCUT2D eigenvalue weighted by Gasteiger charge is 2.09. The van der Waals surface area contributed by atoms with E-state index in [4.69, 9.17) is 0 Å². The Morgan fingerprint density at radius 2 is 2.12 bits per heavy atom. The third-order valence-electron chi connectivity index (χ3n) is 2.51. The van der Waals surface area contributed by atoms with Crippen molar-refractivity contribution in [2.24, 2.45) is 0 Å². The van der Waals surface area contributed by atoms with Crippen LogP contribution >= 0.6 is 27.7 Å².